The van der Waals surface area contributed by atoms with Gasteiger partial charge in [-0.05, 0) is 35.6 Å². The minimum atomic E-state index is 0.409. The minimum Gasteiger partial charge on any atom is -0.327 e. The SMILES string of the molecule is NC1CCC2CN(Cc3csc(Cl)c3Cl)CC12. The number of thiophene rings is 1. The van der Waals surface area contributed by atoms with Crippen LogP contribution in [0.5, 0.6) is 0 Å². The summed E-state index contributed by atoms with van der Waals surface area (Å²) >= 11 is 13.7. The molecule has 2 fully saturated rings. The molecule has 1 aromatic rings. The van der Waals surface area contributed by atoms with Crippen molar-refractivity contribution in [2.45, 2.75) is 25.4 Å². The highest BCUT2D eigenvalue weighted by Gasteiger charge is 2.40. The Morgan fingerprint density at radius 2 is 2.18 bits per heavy atom. The summed E-state index contributed by atoms with van der Waals surface area (Å²) in [5.74, 6) is 1.50. The zero-order valence-corrected chi connectivity index (χ0v) is 11.9. The van der Waals surface area contributed by atoms with Crippen molar-refractivity contribution in [1.82, 2.24) is 4.90 Å². The predicted molar refractivity (Wildman–Crippen MR) is 73.8 cm³/mol. The van der Waals surface area contributed by atoms with Crippen molar-refractivity contribution in [1.29, 1.82) is 0 Å². The number of rotatable bonds is 2. The maximum Gasteiger partial charge on any atom is 0.112 e. The van der Waals surface area contributed by atoms with Gasteiger partial charge in [-0.2, -0.15) is 0 Å². The molecule has 0 radical (unpaired) electrons. The van der Waals surface area contributed by atoms with E-state index in [9.17, 15) is 0 Å². The lowest BCUT2D eigenvalue weighted by molar-refractivity contribution is 0.298. The summed E-state index contributed by atoms with van der Waals surface area (Å²) in [4.78, 5) is 2.47. The molecule has 1 saturated carbocycles. The fourth-order valence-corrected chi connectivity index (χ4v) is 4.47. The molecule has 0 bridgehead atoms. The van der Waals surface area contributed by atoms with Crippen LogP contribution in [0.1, 0.15) is 18.4 Å². The number of nitrogens with two attached hydrogens (primary N) is 1. The number of likely N-dealkylation sites (tertiary alicyclic amines) is 1. The predicted octanol–water partition coefficient (Wildman–Crippen LogP) is 3.22. The second-order valence-electron chi connectivity index (χ2n) is 5.21. The Balaban J connectivity index is 1.66. The van der Waals surface area contributed by atoms with Gasteiger partial charge in [0.15, 0.2) is 0 Å². The average molecular weight is 291 g/mol. The maximum absolute atomic E-state index is 6.16. The topological polar surface area (TPSA) is 29.3 Å². The lowest BCUT2D eigenvalue weighted by atomic mass is 9.98. The van der Waals surface area contributed by atoms with Crippen LogP contribution >= 0.6 is 34.5 Å². The molecule has 94 valence electrons. The van der Waals surface area contributed by atoms with E-state index >= 15 is 0 Å². The van der Waals surface area contributed by atoms with Gasteiger partial charge in [0.05, 0.1) is 5.02 Å². The van der Waals surface area contributed by atoms with Crippen LogP contribution in [0.15, 0.2) is 5.38 Å². The molecule has 1 aliphatic carbocycles. The molecular weight excluding hydrogens is 275 g/mol. The summed E-state index contributed by atoms with van der Waals surface area (Å²) in [7, 11) is 0. The fraction of sp³-hybridized carbons (Fsp3) is 0.667. The summed E-state index contributed by atoms with van der Waals surface area (Å²) in [6, 6.07) is 0.409. The van der Waals surface area contributed by atoms with Crippen LogP contribution in [0.4, 0.5) is 0 Å². The third-order valence-electron chi connectivity index (χ3n) is 4.14. The maximum atomic E-state index is 6.16. The monoisotopic (exact) mass is 290 g/mol. The highest BCUT2D eigenvalue weighted by atomic mass is 35.5. The van der Waals surface area contributed by atoms with Gasteiger partial charge in [0.1, 0.15) is 4.34 Å². The molecule has 5 heteroatoms. The van der Waals surface area contributed by atoms with E-state index in [-0.39, 0.29) is 0 Å². The van der Waals surface area contributed by atoms with Crippen LogP contribution in [0, 0.1) is 11.8 Å². The standard InChI is InChI=1S/C12H16Cl2N2S/c13-11-8(6-17-12(11)14)4-16-3-7-1-2-10(15)9(7)5-16/h6-7,9-10H,1-5,15H2. The average Bonchev–Trinajstić information content (AvgIpc) is 2.93. The summed E-state index contributed by atoms with van der Waals surface area (Å²) in [6.07, 6.45) is 2.49. The third kappa shape index (κ3) is 2.24. The molecule has 2 aliphatic rings. The van der Waals surface area contributed by atoms with Crippen molar-refractivity contribution in [3.8, 4) is 0 Å². The molecule has 17 heavy (non-hydrogen) atoms. The van der Waals surface area contributed by atoms with Gasteiger partial charge in [0.2, 0.25) is 0 Å². The van der Waals surface area contributed by atoms with Gasteiger partial charge in [-0.15, -0.1) is 11.3 Å². The zero-order chi connectivity index (χ0) is 12.0. The Morgan fingerprint density at radius 3 is 2.82 bits per heavy atom. The molecule has 3 rings (SSSR count). The van der Waals surface area contributed by atoms with E-state index in [4.69, 9.17) is 28.9 Å². The van der Waals surface area contributed by atoms with Crippen molar-refractivity contribution in [2.24, 2.45) is 17.6 Å². The molecule has 1 aromatic heterocycles. The molecule has 2 nitrogen and oxygen atoms in total. The van der Waals surface area contributed by atoms with Gasteiger partial charge in [0, 0.05) is 25.7 Å². The number of halogens is 2. The largest absolute Gasteiger partial charge is 0.327 e. The quantitative estimate of drug-likeness (QED) is 0.906. The van der Waals surface area contributed by atoms with E-state index in [0.717, 1.165) is 29.6 Å². The highest BCUT2D eigenvalue weighted by molar-refractivity contribution is 7.15. The first-order valence-electron chi connectivity index (χ1n) is 6.04. The molecular formula is C12H16Cl2N2S. The summed E-state index contributed by atoms with van der Waals surface area (Å²) in [5.41, 5.74) is 7.30. The van der Waals surface area contributed by atoms with Crippen molar-refractivity contribution in [3.05, 3.63) is 20.3 Å². The Labute approximate surface area is 116 Å². The Hall–Kier alpha value is 0.200. The molecule has 1 aliphatic heterocycles. The van der Waals surface area contributed by atoms with Gasteiger partial charge in [-0.1, -0.05) is 23.2 Å². The lowest BCUT2D eigenvalue weighted by Gasteiger charge is -2.17. The van der Waals surface area contributed by atoms with E-state index in [1.807, 2.05) is 0 Å². The van der Waals surface area contributed by atoms with Crippen LogP contribution < -0.4 is 5.73 Å². The van der Waals surface area contributed by atoms with Crippen molar-refractivity contribution < 1.29 is 0 Å². The molecule has 2 heterocycles. The number of hydrogen-bond donors (Lipinski definition) is 1. The van der Waals surface area contributed by atoms with Crippen LogP contribution in [0.25, 0.3) is 0 Å². The van der Waals surface area contributed by atoms with Crippen molar-refractivity contribution >= 4 is 34.5 Å². The van der Waals surface area contributed by atoms with Gasteiger partial charge in [0.25, 0.3) is 0 Å². The highest BCUT2D eigenvalue weighted by Crippen LogP contribution is 2.39. The lowest BCUT2D eigenvalue weighted by Crippen LogP contribution is -2.30. The van der Waals surface area contributed by atoms with E-state index in [2.05, 4.69) is 10.3 Å². The fourth-order valence-electron chi connectivity index (χ4n) is 3.23. The van der Waals surface area contributed by atoms with Crippen LogP contribution in [0.2, 0.25) is 9.36 Å². The first-order chi connectivity index (χ1) is 8.15. The van der Waals surface area contributed by atoms with Gasteiger partial charge in [-0.3, -0.25) is 4.90 Å². The molecule has 0 amide bonds. The summed E-state index contributed by atoms with van der Waals surface area (Å²) in [5, 5.41) is 2.80. The zero-order valence-electron chi connectivity index (χ0n) is 9.53. The van der Waals surface area contributed by atoms with Crippen molar-refractivity contribution in [3.63, 3.8) is 0 Å². The Morgan fingerprint density at radius 1 is 1.35 bits per heavy atom. The second-order valence-corrected chi connectivity index (χ2v) is 7.07. The third-order valence-corrected chi connectivity index (χ3v) is 6.05. The van der Waals surface area contributed by atoms with Crippen LogP contribution in [-0.2, 0) is 6.54 Å². The van der Waals surface area contributed by atoms with Gasteiger partial charge in [-0.25, -0.2) is 0 Å². The first kappa shape index (κ1) is 12.2. The smallest absolute Gasteiger partial charge is 0.112 e. The normalized spacial score (nSPS) is 33.2. The number of hydrogen-bond acceptors (Lipinski definition) is 3. The molecule has 3 atom stereocenters. The van der Waals surface area contributed by atoms with E-state index in [1.54, 1.807) is 0 Å². The minimum absolute atomic E-state index is 0.409. The van der Waals surface area contributed by atoms with Gasteiger partial charge >= 0.3 is 0 Å². The molecule has 2 N–H and O–H groups in total. The first-order valence-corrected chi connectivity index (χ1v) is 7.68. The van der Waals surface area contributed by atoms with E-state index < -0.39 is 0 Å². The number of nitrogens with zero attached hydrogens (tertiary/aromatic N) is 1. The summed E-state index contributed by atoms with van der Waals surface area (Å²) < 4.78 is 0.706. The van der Waals surface area contributed by atoms with Crippen LogP contribution in [0.3, 0.4) is 0 Å². The van der Waals surface area contributed by atoms with Crippen molar-refractivity contribution in [2.75, 3.05) is 13.1 Å². The van der Waals surface area contributed by atoms with Gasteiger partial charge < -0.3 is 5.73 Å². The van der Waals surface area contributed by atoms with E-state index in [1.165, 1.54) is 30.7 Å². The van der Waals surface area contributed by atoms with E-state index in [0.29, 0.717) is 16.3 Å². The molecule has 0 spiro atoms. The molecule has 0 aromatic carbocycles. The molecule has 1 saturated heterocycles. The second kappa shape index (κ2) is 4.71. The Kier molecular flexibility index (Phi) is 3.39. The summed E-state index contributed by atoms with van der Waals surface area (Å²) in [6.45, 7) is 3.21. The number of fused-ring (bicyclic) bond motifs is 1. The molecule has 3 unspecified atom stereocenters. The van der Waals surface area contributed by atoms with Crippen LogP contribution in [-0.4, -0.2) is 24.0 Å². The Bertz CT molecular complexity index is 421.